The zero-order chi connectivity index (χ0) is 23.6. The van der Waals surface area contributed by atoms with Crippen molar-refractivity contribution >= 4 is 5.90 Å². The van der Waals surface area contributed by atoms with Gasteiger partial charge in [0.25, 0.3) is 0 Å². The van der Waals surface area contributed by atoms with E-state index >= 15 is 0 Å². The van der Waals surface area contributed by atoms with Gasteiger partial charge in [-0.3, -0.25) is 0 Å². The number of quaternary nitrogens is 1. The Morgan fingerprint density at radius 2 is 1.84 bits per heavy atom. The van der Waals surface area contributed by atoms with Gasteiger partial charge in [-0.25, -0.2) is 23.0 Å². The molecule has 0 aliphatic carbocycles. The van der Waals surface area contributed by atoms with Crippen LogP contribution in [-0.4, -0.2) is 51.0 Å². The van der Waals surface area contributed by atoms with Gasteiger partial charge in [0.2, 0.25) is 0 Å². The number of halogens is 2. The van der Waals surface area contributed by atoms with Crippen molar-refractivity contribution in [2.24, 2.45) is 5.10 Å². The van der Waals surface area contributed by atoms with Crippen LogP contribution in [0, 0.1) is 11.6 Å². The molecule has 1 unspecified atom stereocenters. The molecule has 0 bridgehead atoms. The average Bonchev–Trinajstić information content (AvgIpc) is 3.18. The molecule has 0 aliphatic rings. The summed E-state index contributed by atoms with van der Waals surface area (Å²) in [4.78, 5) is 3.85. The van der Waals surface area contributed by atoms with E-state index in [9.17, 15) is 19.0 Å². The van der Waals surface area contributed by atoms with Crippen molar-refractivity contribution < 1.29 is 23.6 Å². The minimum Gasteiger partial charge on any atom is -0.858 e. The summed E-state index contributed by atoms with van der Waals surface area (Å²) in [6, 6.07) is 3.03. The minimum atomic E-state index is -1.79. The van der Waals surface area contributed by atoms with Gasteiger partial charge >= 0.3 is 0 Å². The van der Waals surface area contributed by atoms with Crippen molar-refractivity contribution in [3.8, 4) is 0 Å². The fourth-order valence-corrected chi connectivity index (χ4v) is 3.93. The van der Waals surface area contributed by atoms with E-state index in [0.29, 0.717) is 6.42 Å². The Hall–Kier alpha value is -2.39. The van der Waals surface area contributed by atoms with Gasteiger partial charge in [-0.05, 0) is 25.0 Å². The highest BCUT2D eigenvalue weighted by Crippen LogP contribution is 2.29. The lowest BCUT2D eigenvalue weighted by atomic mass is 9.92. The molecule has 0 amide bonds. The highest BCUT2D eigenvalue weighted by molar-refractivity contribution is 5.70. The molecule has 178 valence electrons. The minimum absolute atomic E-state index is 0.0877. The van der Waals surface area contributed by atoms with E-state index in [-0.39, 0.29) is 29.1 Å². The third kappa shape index (κ3) is 8.27. The number of unbranched alkanes of at least 4 members (excludes halogenated alkanes) is 6. The number of aliphatic hydroxyl groups is 1. The summed E-state index contributed by atoms with van der Waals surface area (Å²) >= 11 is 0. The van der Waals surface area contributed by atoms with Gasteiger partial charge < -0.3 is 10.2 Å². The van der Waals surface area contributed by atoms with Crippen molar-refractivity contribution in [2.75, 3.05) is 20.6 Å². The Morgan fingerprint density at radius 1 is 1.16 bits per heavy atom. The van der Waals surface area contributed by atoms with Gasteiger partial charge in [0, 0.05) is 17.5 Å². The molecule has 0 aliphatic heterocycles. The monoisotopic (exact) mass is 451 g/mol. The lowest BCUT2D eigenvalue weighted by Gasteiger charge is -2.35. The zero-order valence-electron chi connectivity index (χ0n) is 19.3. The third-order valence-corrected chi connectivity index (χ3v) is 5.35. The van der Waals surface area contributed by atoms with E-state index in [4.69, 9.17) is 0 Å². The number of rotatable bonds is 14. The molecule has 0 saturated carbocycles. The largest absolute Gasteiger partial charge is 0.858 e. The second kappa shape index (κ2) is 12.0. The van der Waals surface area contributed by atoms with E-state index in [0.717, 1.165) is 31.4 Å². The van der Waals surface area contributed by atoms with E-state index in [2.05, 4.69) is 22.1 Å². The summed E-state index contributed by atoms with van der Waals surface area (Å²) in [6.07, 6.45) is 10.7. The maximum absolute atomic E-state index is 14.6. The first-order valence-corrected chi connectivity index (χ1v) is 11.2. The van der Waals surface area contributed by atoms with Gasteiger partial charge in [0.15, 0.2) is 5.60 Å². The molecule has 0 radical (unpaired) electrons. The van der Waals surface area contributed by atoms with Crippen LogP contribution in [0.25, 0.3) is 0 Å². The average molecular weight is 452 g/mol. The quantitative estimate of drug-likeness (QED) is 0.157. The zero-order valence-corrected chi connectivity index (χ0v) is 19.3. The van der Waals surface area contributed by atoms with Crippen LogP contribution in [0.2, 0.25) is 0 Å². The molecule has 9 heteroatoms. The maximum Gasteiger partial charge on any atom is 0.163 e. The number of hydrogen-bond donors (Lipinski definition) is 1. The summed E-state index contributed by atoms with van der Waals surface area (Å²) in [5.41, 5.74) is -1.88. The summed E-state index contributed by atoms with van der Waals surface area (Å²) in [7, 11) is 3.33. The molecule has 1 atom stereocenters. The molecule has 1 aromatic heterocycles. The van der Waals surface area contributed by atoms with Gasteiger partial charge in [-0.15, -0.1) is 5.10 Å². The molecule has 2 aromatic rings. The van der Waals surface area contributed by atoms with Gasteiger partial charge in [0.1, 0.15) is 30.8 Å². The normalized spacial score (nSPS) is 14.5. The van der Waals surface area contributed by atoms with Crippen LogP contribution in [-0.2, 0) is 12.1 Å². The molecule has 0 spiro atoms. The number of aromatic nitrogens is 3. The van der Waals surface area contributed by atoms with Gasteiger partial charge in [0.05, 0.1) is 20.6 Å². The van der Waals surface area contributed by atoms with Crippen LogP contribution in [0.15, 0.2) is 36.0 Å². The Bertz CT molecular complexity index is 858. The van der Waals surface area contributed by atoms with Crippen LogP contribution in [0.4, 0.5) is 8.78 Å². The Balaban J connectivity index is 2.09. The van der Waals surface area contributed by atoms with Gasteiger partial charge in [-0.1, -0.05) is 45.4 Å². The molecule has 0 fully saturated rings. The molecule has 1 N–H and O–H groups in total. The first kappa shape index (κ1) is 25.9. The van der Waals surface area contributed by atoms with E-state index in [1.54, 1.807) is 14.1 Å². The third-order valence-electron chi connectivity index (χ3n) is 5.35. The lowest BCUT2D eigenvalue weighted by molar-refractivity contribution is -0.905. The summed E-state index contributed by atoms with van der Waals surface area (Å²) in [5.74, 6) is -1.87. The topological polar surface area (TPSA) is 86.4 Å². The Labute approximate surface area is 189 Å². The van der Waals surface area contributed by atoms with Gasteiger partial charge in [-0.2, -0.15) is 5.10 Å². The second-order valence-corrected chi connectivity index (χ2v) is 8.89. The first-order valence-electron chi connectivity index (χ1n) is 11.2. The SMILES string of the molecule is CCCCCCCCC/C([O-])=N/[N+](C)(C)CC(O)(Cn1cncn1)c1ccc(F)cc1F. The molecule has 1 heterocycles. The number of benzene rings is 1. The van der Waals surface area contributed by atoms with Crippen LogP contribution in [0.3, 0.4) is 0 Å². The molecule has 2 rings (SSSR count). The lowest BCUT2D eigenvalue weighted by Crippen LogP contribution is -2.50. The first-order chi connectivity index (χ1) is 15.1. The van der Waals surface area contributed by atoms with Crippen LogP contribution < -0.4 is 5.11 Å². The number of hydrogen-bond acceptors (Lipinski definition) is 5. The standard InChI is InChI=1S/C23H35F2N5O2/c1-4-5-6-7-8-9-10-11-22(31)28-30(2,3)16-23(32,15-29-18-26-17-27-29)20-13-12-19(24)14-21(20)25/h12-14,17-18,32H,4-11,15-16H2,1-3H3. The highest BCUT2D eigenvalue weighted by atomic mass is 19.1. The predicted octanol–water partition coefficient (Wildman–Crippen LogP) is 3.34. The van der Waals surface area contributed by atoms with Crippen molar-refractivity contribution in [1.29, 1.82) is 0 Å². The highest BCUT2D eigenvalue weighted by Gasteiger charge is 2.40. The molecule has 0 saturated heterocycles. The van der Waals surface area contributed by atoms with E-state index in [1.165, 1.54) is 49.1 Å². The fraction of sp³-hybridized carbons (Fsp3) is 0.609. The summed E-state index contributed by atoms with van der Waals surface area (Å²) in [6.45, 7) is 1.94. The molecule has 7 nitrogen and oxygen atoms in total. The van der Waals surface area contributed by atoms with E-state index < -0.39 is 17.2 Å². The fourth-order valence-electron chi connectivity index (χ4n) is 3.93. The summed E-state index contributed by atoms with van der Waals surface area (Å²) in [5, 5.41) is 32.1. The second-order valence-electron chi connectivity index (χ2n) is 8.89. The molecule has 1 aromatic carbocycles. The molecular weight excluding hydrogens is 416 g/mol. The molecular formula is C23H35F2N5O2. The Kier molecular flexibility index (Phi) is 9.71. The number of likely N-dealkylation sites (N-methyl/N-ethyl adjacent to an activating group) is 1. The van der Waals surface area contributed by atoms with Crippen LogP contribution >= 0.6 is 0 Å². The van der Waals surface area contributed by atoms with Crippen molar-refractivity contribution in [3.63, 3.8) is 0 Å². The van der Waals surface area contributed by atoms with Crippen molar-refractivity contribution in [3.05, 3.63) is 48.1 Å². The number of nitrogens with zero attached hydrogens (tertiary/aromatic N) is 5. The Morgan fingerprint density at radius 3 is 2.47 bits per heavy atom. The van der Waals surface area contributed by atoms with Crippen LogP contribution in [0.1, 0.15) is 63.9 Å². The molecule has 32 heavy (non-hydrogen) atoms. The predicted molar refractivity (Wildman–Crippen MR) is 117 cm³/mol. The smallest absolute Gasteiger partial charge is 0.163 e. The van der Waals surface area contributed by atoms with E-state index in [1.807, 2.05) is 0 Å². The summed E-state index contributed by atoms with van der Waals surface area (Å²) < 4.78 is 29.2. The van der Waals surface area contributed by atoms with Crippen LogP contribution in [0.5, 0.6) is 0 Å². The van der Waals surface area contributed by atoms with Crippen molar-refractivity contribution in [1.82, 2.24) is 14.8 Å². The maximum atomic E-state index is 14.6. The van der Waals surface area contributed by atoms with Crippen molar-refractivity contribution in [2.45, 2.75) is 70.4 Å².